The molecule has 0 spiro atoms. The van der Waals surface area contributed by atoms with Crippen LogP contribution in [0.4, 0.5) is 0 Å². The molecule has 3 nitrogen and oxygen atoms in total. The Morgan fingerprint density at radius 2 is 2.00 bits per heavy atom. The predicted molar refractivity (Wildman–Crippen MR) is 69.7 cm³/mol. The van der Waals surface area contributed by atoms with E-state index in [0.29, 0.717) is 0 Å². The van der Waals surface area contributed by atoms with Gasteiger partial charge in [-0.15, -0.1) is 0 Å². The fourth-order valence-corrected chi connectivity index (χ4v) is 3.06. The largest absolute Gasteiger partial charge is 0.376 e. The highest BCUT2D eigenvalue weighted by atomic mass is 35.5. The molecule has 4 heteroatoms. The van der Waals surface area contributed by atoms with Crippen LogP contribution in [0.15, 0.2) is 24.3 Å². The van der Waals surface area contributed by atoms with Crippen molar-refractivity contribution in [1.82, 2.24) is 5.43 Å². The van der Waals surface area contributed by atoms with E-state index in [1.807, 2.05) is 24.3 Å². The summed E-state index contributed by atoms with van der Waals surface area (Å²) in [4.78, 5) is 0. The van der Waals surface area contributed by atoms with Gasteiger partial charge in [0, 0.05) is 12.1 Å². The third kappa shape index (κ3) is 2.33. The van der Waals surface area contributed by atoms with Crippen LogP contribution in [0, 0.1) is 0 Å². The van der Waals surface area contributed by atoms with Gasteiger partial charge in [0.2, 0.25) is 0 Å². The summed E-state index contributed by atoms with van der Waals surface area (Å²) in [6.45, 7) is 0. The molecule has 2 rings (SSSR count). The van der Waals surface area contributed by atoms with Crippen LogP contribution in [0.5, 0.6) is 0 Å². The number of rotatable bonds is 4. The molecule has 1 aliphatic rings. The summed E-state index contributed by atoms with van der Waals surface area (Å²) in [6, 6.07) is 7.74. The molecule has 0 aromatic heterocycles. The standard InChI is InChI=1S/C13H19ClN2O/c1-17-13(8-4-5-9-13)12(16-15)10-6-2-3-7-11(10)14/h2-3,6-7,12,16H,4-5,8-9,15H2,1H3. The molecule has 3 N–H and O–H groups in total. The number of halogens is 1. The normalized spacial score (nSPS) is 20.4. The van der Waals surface area contributed by atoms with Crippen LogP contribution in [-0.4, -0.2) is 12.7 Å². The second-order valence-corrected chi connectivity index (χ2v) is 5.00. The first-order chi connectivity index (χ1) is 8.23. The van der Waals surface area contributed by atoms with Gasteiger partial charge >= 0.3 is 0 Å². The fraction of sp³-hybridized carbons (Fsp3) is 0.538. The van der Waals surface area contributed by atoms with E-state index in [4.69, 9.17) is 22.2 Å². The van der Waals surface area contributed by atoms with Crippen LogP contribution < -0.4 is 11.3 Å². The van der Waals surface area contributed by atoms with E-state index in [0.717, 1.165) is 23.4 Å². The smallest absolute Gasteiger partial charge is 0.0886 e. The van der Waals surface area contributed by atoms with Gasteiger partial charge in [-0.3, -0.25) is 11.3 Å². The monoisotopic (exact) mass is 254 g/mol. The lowest BCUT2D eigenvalue weighted by molar-refractivity contribution is -0.0368. The van der Waals surface area contributed by atoms with E-state index in [1.54, 1.807) is 7.11 Å². The predicted octanol–water partition coefficient (Wildman–Crippen LogP) is 2.80. The Kier molecular flexibility index (Phi) is 4.05. The summed E-state index contributed by atoms with van der Waals surface area (Å²) in [5.74, 6) is 5.73. The number of nitrogens with two attached hydrogens (primary N) is 1. The summed E-state index contributed by atoms with van der Waals surface area (Å²) >= 11 is 6.24. The molecule has 1 aliphatic carbocycles. The molecule has 1 unspecified atom stereocenters. The van der Waals surface area contributed by atoms with Crippen LogP contribution >= 0.6 is 11.6 Å². The molecule has 1 aromatic carbocycles. The van der Waals surface area contributed by atoms with Gasteiger partial charge in [-0.05, 0) is 24.5 Å². The zero-order valence-corrected chi connectivity index (χ0v) is 10.8. The van der Waals surface area contributed by atoms with Crippen molar-refractivity contribution in [2.45, 2.75) is 37.3 Å². The van der Waals surface area contributed by atoms with Gasteiger partial charge in [0.05, 0.1) is 11.6 Å². The molecular formula is C13H19ClN2O. The number of hydrogen-bond acceptors (Lipinski definition) is 3. The minimum Gasteiger partial charge on any atom is -0.376 e. The highest BCUT2D eigenvalue weighted by molar-refractivity contribution is 6.31. The first kappa shape index (κ1) is 12.8. The van der Waals surface area contributed by atoms with E-state index < -0.39 is 0 Å². The number of hydrogen-bond donors (Lipinski definition) is 2. The summed E-state index contributed by atoms with van der Waals surface area (Å²) < 4.78 is 5.76. The second-order valence-electron chi connectivity index (χ2n) is 4.60. The number of methoxy groups -OCH3 is 1. The van der Waals surface area contributed by atoms with Gasteiger partial charge in [-0.1, -0.05) is 42.6 Å². The third-order valence-corrected chi connectivity index (χ3v) is 4.11. The molecule has 17 heavy (non-hydrogen) atoms. The summed E-state index contributed by atoms with van der Waals surface area (Å²) in [7, 11) is 1.76. The number of hydrazine groups is 1. The Morgan fingerprint density at radius 1 is 1.35 bits per heavy atom. The summed E-state index contributed by atoms with van der Waals surface area (Å²) in [6.07, 6.45) is 4.39. The van der Waals surface area contributed by atoms with Gasteiger partial charge in [0.25, 0.3) is 0 Å². The molecule has 0 heterocycles. The summed E-state index contributed by atoms with van der Waals surface area (Å²) in [5, 5.41) is 0.735. The van der Waals surface area contributed by atoms with Gasteiger partial charge < -0.3 is 4.74 Å². The molecule has 94 valence electrons. The van der Waals surface area contributed by atoms with Crippen LogP contribution in [0.3, 0.4) is 0 Å². The Hall–Kier alpha value is -0.610. The Labute approximate surface area is 107 Å². The lowest BCUT2D eigenvalue weighted by Gasteiger charge is -2.36. The first-order valence-corrected chi connectivity index (χ1v) is 6.37. The van der Waals surface area contributed by atoms with E-state index in [1.165, 1.54) is 12.8 Å². The minimum absolute atomic E-state index is 0.0521. The van der Waals surface area contributed by atoms with Crippen LogP contribution in [0.2, 0.25) is 5.02 Å². The number of nitrogens with one attached hydrogen (secondary N) is 1. The third-order valence-electron chi connectivity index (χ3n) is 3.77. The zero-order chi connectivity index (χ0) is 12.3. The highest BCUT2D eigenvalue weighted by Crippen LogP contribution is 2.43. The second kappa shape index (κ2) is 5.36. The van der Waals surface area contributed by atoms with Crippen LogP contribution in [0.1, 0.15) is 37.3 Å². The Morgan fingerprint density at radius 3 is 2.53 bits per heavy atom. The molecule has 0 aliphatic heterocycles. The minimum atomic E-state index is -0.222. The van der Waals surface area contributed by atoms with Crippen molar-refractivity contribution in [3.05, 3.63) is 34.9 Å². The lowest BCUT2D eigenvalue weighted by Crippen LogP contribution is -2.46. The van der Waals surface area contributed by atoms with E-state index >= 15 is 0 Å². The zero-order valence-electron chi connectivity index (χ0n) is 10.1. The fourth-order valence-electron chi connectivity index (χ4n) is 2.82. The van der Waals surface area contributed by atoms with Gasteiger partial charge in [-0.25, -0.2) is 0 Å². The number of benzene rings is 1. The van der Waals surface area contributed by atoms with E-state index in [2.05, 4.69) is 5.43 Å². The van der Waals surface area contributed by atoms with Crippen molar-refractivity contribution in [3.8, 4) is 0 Å². The summed E-state index contributed by atoms with van der Waals surface area (Å²) in [5.41, 5.74) is 3.68. The quantitative estimate of drug-likeness (QED) is 0.642. The van der Waals surface area contributed by atoms with E-state index in [-0.39, 0.29) is 11.6 Å². The van der Waals surface area contributed by atoms with Crippen molar-refractivity contribution in [2.24, 2.45) is 5.84 Å². The van der Waals surface area contributed by atoms with Crippen molar-refractivity contribution < 1.29 is 4.74 Å². The maximum Gasteiger partial charge on any atom is 0.0886 e. The SMILES string of the molecule is COC1(C(NN)c2ccccc2Cl)CCCC1. The molecule has 0 radical (unpaired) electrons. The van der Waals surface area contributed by atoms with Gasteiger partial charge in [0.15, 0.2) is 0 Å². The highest BCUT2D eigenvalue weighted by Gasteiger charge is 2.42. The molecule has 1 aromatic rings. The molecule has 0 amide bonds. The van der Waals surface area contributed by atoms with Crippen LogP contribution in [0.25, 0.3) is 0 Å². The van der Waals surface area contributed by atoms with Crippen molar-refractivity contribution in [3.63, 3.8) is 0 Å². The maximum absolute atomic E-state index is 6.24. The van der Waals surface area contributed by atoms with Crippen LogP contribution in [-0.2, 0) is 4.74 Å². The Bertz CT molecular complexity index is 377. The first-order valence-electron chi connectivity index (χ1n) is 5.99. The van der Waals surface area contributed by atoms with Gasteiger partial charge in [-0.2, -0.15) is 0 Å². The van der Waals surface area contributed by atoms with Crippen molar-refractivity contribution >= 4 is 11.6 Å². The average Bonchev–Trinajstić information content (AvgIpc) is 2.82. The topological polar surface area (TPSA) is 47.3 Å². The van der Waals surface area contributed by atoms with E-state index in [9.17, 15) is 0 Å². The average molecular weight is 255 g/mol. The molecule has 0 saturated heterocycles. The molecule has 1 fully saturated rings. The molecule has 0 bridgehead atoms. The molecule has 1 atom stereocenters. The van der Waals surface area contributed by atoms with Gasteiger partial charge in [0.1, 0.15) is 0 Å². The number of ether oxygens (including phenoxy) is 1. The van der Waals surface area contributed by atoms with Crippen molar-refractivity contribution in [1.29, 1.82) is 0 Å². The maximum atomic E-state index is 6.24. The van der Waals surface area contributed by atoms with Crippen molar-refractivity contribution in [2.75, 3.05) is 7.11 Å². The Balaban J connectivity index is 2.36. The molecule has 1 saturated carbocycles. The molecular weight excluding hydrogens is 236 g/mol. The lowest BCUT2D eigenvalue weighted by atomic mass is 9.87.